The fraction of sp³-hybridized carbons (Fsp3) is 0.450. The average Bonchev–Trinajstić information content (AvgIpc) is 2.60. The maximum Gasteiger partial charge on any atom is 0.191 e. The second-order valence-electron chi connectivity index (χ2n) is 6.61. The van der Waals surface area contributed by atoms with Crippen molar-refractivity contribution in [2.24, 2.45) is 4.99 Å². The smallest absolute Gasteiger partial charge is 0.191 e. The number of benzene rings is 2. The van der Waals surface area contributed by atoms with E-state index in [2.05, 4.69) is 58.1 Å². The molecule has 0 aromatic heterocycles. The van der Waals surface area contributed by atoms with Crippen LogP contribution in [0.5, 0.6) is 0 Å². The van der Waals surface area contributed by atoms with E-state index in [9.17, 15) is 8.42 Å². The average molecular weight is 376 g/mol. The van der Waals surface area contributed by atoms with Crippen LogP contribution in [0.4, 0.5) is 0 Å². The molecule has 0 aliphatic rings. The summed E-state index contributed by atoms with van der Waals surface area (Å²) in [6.45, 7) is 5.42. The molecule has 1 unspecified atom stereocenters. The highest BCUT2D eigenvalue weighted by atomic mass is 32.2. The molecule has 5 nitrogen and oxygen atoms in total. The Morgan fingerprint density at radius 3 is 2.62 bits per heavy atom. The summed E-state index contributed by atoms with van der Waals surface area (Å²) in [7, 11) is -2.94. The number of nitrogens with zero attached hydrogens (tertiary/aromatic N) is 1. The van der Waals surface area contributed by atoms with Crippen LogP contribution >= 0.6 is 0 Å². The summed E-state index contributed by atoms with van der Waals surface area (Å²) in [6, 6.07) is 14.8. The number of aliphatic imine (C=N–C) groups is 1. The summed E-state index contributed by atoms with van der Waals surface area (Å²) in [5.74, 6) is 0.907. The van der Waals surface area contributed by atoms with E-state index in [0.717, 1.165) is 18.9 Å². The van der Waals surface area contributed by atoms with E-state index in [0.29, 0.717) is 13.0 Å². The Morgan fingerprint density at radius 2 is 1.88 bits per heavy atom. The van der Waals surface area contributed by atoms with E-state index >= 15 is 0 Å². The van der Waals surface area contributed by atoms with Crippen molar-refractivity contribution in [3.63, 3.8) is 0 Å². The molecule has 0 amide bonds. The van der Waals surface area contributed by atoms with Crippen LogP contribution in [-0.2, 0) is 16.3 Å². The summed E-state index contributed by atoms with van der Waals surface area (Å²) in [6.07, 6.45) is 2.69. The minimum absolute atomic E-state index is 0.0417. The van der Waals surface area contributed by atoms with Crippen molar-refractivity contribution < 1.29 is 8.42 Å². The van der Waals surface area contributed by atoms with Crippen molar-refractivity contribution in [1.82, 2.24) is 10.6 Å². The third kappa shape index (κ3) is 6.67. The van der Waals surface area contributed by atoms with Crippen LogP contribution in [-0.4, -0.2) is 45.5 Å². The maximum absolute atomic E-state index is 11.3. The van der Waals surface area contributed by atoms with Crippen molar-refractivity contribution >= 4 is 26.6 Å². The maximum atomic E-state index is 11.3. The van der Waals surface area contributed by atoms with E-state index in [-0.39, 0.29) is 11.8 Å². The lowest BCUT2D eigenvalue weighted by atomic mass is 10.0. The molecule has 0 fully saturated rings. The lowest BCUT2D eigenvalue weighted by molar-refractivity contribution is 0.581. The van der Waals surface area contributed by atoms with Gasteiger partial charge in [-0.25, -0.2) is 8.42 Å². The number of rotatable bonds is 8. The van der Waals surface area contributed by atoms with Gasteiger partial charge in [0.2, 0.25) is 0 Å². The standard InChI is InChI=1S/C20H29N3O2S/c1-4-21-20(23-16(2)13-15-26(3,24)25)22-14-12-18-10-7-9-17-8-5-6-11-19(17)18/h5-11,16H,4,12-15H2,1-3H3,(H2,21,22,23). The Bertz CT molecular complexity index is 842. The molecule has 0 aliphatic carbocycles. The molecular weight excluding hydrogens is 346 g/mol. The highest BCUT2D eigenvalue weighted by Gasteiger charge is 2.09. The van der Waals surface area contributed by atoms with Gasteiger partial charge in [-0.1, -0.05) is 42.5 Å². The Labute approximate surface area is 156 Å². The molecule has 2 aromatic rings. The van der Waals surface area contributed by atoms with Crippen LogP contribution in [0.15, 0.2) is 47.5 Å². The summed E-state index contributed by atoms with van der Waals surface area (Å²) in [5, 5.41) is 9.02. The number of guanidine groups is 1. The number of hydrogen-bond acceptors (Lipinski definition) is 3. The normalized spacial score (nSPS) is 13.6. The predicted molar refractivity (Wildman–Crippen MR) is 111 cm³/mol. The van der Waals surface area contributed by atoms with Crippen molar-refractivity contribution in [2.75, 3.05) is 25.1 Å². The van der Waals surface area contributed by atoms with E-state index in [1.807, 2.05) is 13.8 Å². The second kappa shape index (κ2) is 9.57. The summed E-state index contributed by atoms with van der Waals surface area (Å²) in [4.78, 5) is 4.64. The number of fused-ring (bicyclic) bond motifs is 1. The topological polar surface area (TPSA) is 70.6 Å². The van der Waals surface area contributed by atoms with Crippen molar-refractivity contribution in [3.8, 4) is 0 Å². The summed E-state index contributed by atoms with van der Waals surface area (Å²) < 4.78 is 22.6. The van der Waals surface area contributed by atoms with Gasteiger partial charge in [-0.15, -0.1) is 0 Å². The molecule has 142 valence electrons. The van der Waals surface area contributed by atoms with Crippen LogP contribution in [0.2, 0.25) is 0 Å². The lowest BCUT2D eigenvalue weighted by Gasteiger charge is -2.17. The monoisotopic (exact) mass is 375 g/mol. The van der Waals surface area contributed by atoms with Crippen LogP contribution < -0.4 is 10.6 Å². The Morgan fingerprint density at radius 1 is 1.15 bits per heavy atom. The SMILES string of the molecule is CCNC(=NCCc1cccc2ccccc12)NC(C)CCS(C)(=O)=O. The molecular formula is C20H29N3O2S. The van der Waals surface area contributed by atoms with E-state index < -0.39 is 9.84 Å². The third-order valence-electron chi connectivity index (χ3n) is 4.18. The largest absolute Gasteiger partial charge is 0.357 e. The van der Waals surface area contributed by atoms with Gasteiger partial charge >= 0.3 is 0 Å². The minimum atomic E-state index is -2.94. The molecule has 0 heterocycles. The van der Waals surface area contributed by atoms with Gasteiger partial charge in [0, 0.05) is 25.4 Å². The van der Waals surface area contributed by atoms with Crippen LogP contribution in [0.25, 0.3) is 10.8 Å². The first-order chi connectivity index (χ1) is 12.4. The fourth-order valence-corrected chi connectivity index (χ4v) is 3.60. The van der Waals surface area contributed by atoms with Crippen LogP contribution in [0.3, 0.4) is 0 Å². The molecule has 0 saturated carbocycles. The van der Waals surface area contributed by atoms with E-state index in [4.69, 9.17) is 0 Å². The molecule has 0 aliphatic heterocycles. The Balaban J connectivity index is 1.97. The van der Waals surface area contributed by atoms with Crippen LogP contribution in [0, 0.1) is 0 Å². The molecule has 6 heteroatoms. The highest BCUT2D eigenvalue weighted by molar-refractivity contribution is 7.90. The minimum Gasteiger partial charge on any atom is -0.357 e. The molecule has 0 spiro atoms. The van der Waals surface area contributed by atoms with Crippen molar-refractivity contribution in [3.05, 3.63) is 48.0 Å². The fourth-order valence-electron chi connectivity index (χ4n) is 2.82. The van der Waals surface area contributed by atoms with Gasteiger partial charge in [-0.3, -0.25) is 4.99 Å². The van der Waals surface area contributed by atoms with Gasteiger partial charge in [0.1, 0.15) is 9.84 Å². The summed E-state index contributed by atoms with van der Waals surface area (Å²) >= 11 is 0. The molecule has 2 aromatic carbocycles. The van der Waals surface area contributed by atoms with Gasteiger partial charge in [-0.2, -0.15) is 0 Å². The third-order valence-corrected chi connectivity index (χ3v) is 5.16. The molecule has 2 rings (SSSR count). The second-order valence-corrected chi connectivity index (χ2v) is 8.87. The molecule has 1 atom stereocenters. The molecule has 2 N–H and O–H groups in total. The summed E-state index contributed by atoms with van der Waals surface area (Å²) in [5.41, 5.74) is 1.29. The first-order valence-electron chi connectivity index (χ1n) is 9.08. The van der Waals surface area contributed by atoms with Crippen LogP contribution in [0.1, 0.15) is 25.8 Å². The number of hydrogen-bond donors (Lipinski definition) is 2. The Hall–Kier alpha value is -2.08. The van der Waals surface area contributed by atoms with Gasteiger partial charge in [0.25, 0.3) is 0 Å². The number of sulfone groups is 1. The quantitative estimate of drug-likeness (QED) is 0.550. The Kier molecular flexibility index (Phi) is 7.45. The molecule has 0 saturated heterocycles. The first kappa shape index (κ1) is 20.2. The molecule has 0 bridgehead atoms. The highest BCUT2D eigenvalue weighted by Crippen LogP contribution is 2.18. The number of nitrogens with one attached hydrogen (secondary N) is 2. The van der Waals surface area contributed by atoms with Crippen molar-refractivity contribution in [1.29, 1.82) is 0 Å². The van der Waals surface area contributed by atoms with Gasteiger partial charge in [0.15, 0.2) is 5.96 Å². The van der Waals surface area contributed by atoms with E-state index in [1.165, 1.54) is 22.6 Å². The van der Waals surface area contributed by atoms with Gasteiger partial charge in [-0.05, 0) is 43.0 Å². The zero-order valence-corrected chi connectivity index (χ0v) is 16.6. The lowest BCUT2D eigenvalue weighted by Crippen LogP contribution is -2.43. The molecule has 26 heavy (non-hydrogen) atoms. The van der Waals surface area contributed by atoms with Gasteiger partial charge < -0.3 is 10.6 Å². The zero-order valence-electron chi connectivity index (χ0n) is 15.8. The van der Waals surface area contributed by atoms with Crippen molar-refractivity contribution in [2.45, 2.75) is 32.7 Å². The molecule has 0 radical (unpaired) electrons. The first-order valence-corrected chi connectivity index (χ1v) is 11.1. The zero-order chi connectivity index (χ0) is 19.0. The van der Waals surface area contributed by atoms with Gasteiger partial charge in [0.05, 0.1) is 5.75 Å². The van der Waals surface area contributed by atoms with E-state index in [1.54, 1.807) is 0 Å². The predicted octanol–water partition coefficient (Wildman–Crippen LogP) is 2.76.